The zero-order valence-corrected chi connectivity index (χ0v) is 8.28. The highest BCUT2D eigenvalue weighted by Gasteiger charge is 2.04. The van der Waals surface area contributed by atoms with Gasteiger partial charge in [-0.05, 0) is 12.1 Å². The lowest BCUT2D eigenvalue weighted by Gasteiger charge is -1.98. The summed E-state index contributed by atoms with van der Waals surface area (Å²) in [5.41, 5.74) is 0.532. The topological polar surface area (TPSA) is 43.4 Å². The highest BCUT2D eigenvalue weighted by atomic mass is 79.9. The van der Waals surface area contributed by atoms with Crippen molar-refractivity contribution < 1.29 is 14.3 Å². The van der Waals surface area contributed by atoms with Crippen molar-refractivity contribution >= 4 is 28.2 Å². The van der Waals surface area contributed by atoms with Gasteiger partial charge in [-0.2, -0.15) is 0 Å². The summed E-state index contributed by atoms with van der Waals surface area (Å²) in [6.07, 6.45) is 0. The highest BCUT2D eigenvalue weighted by Crippen LogP contribution is 2.10. The van der Waals surface area contributed by atoms with Crippen LogP contribution in [0.5, 0.6) is 0 Å². The largest absolute Gasteiger partial charge is 0.459 e. The maximum atomic E-state index is 11.2. The molecule has 0 aromatic heterocycles. The molecule has 0 amide bonds. The van der Waals surface area contributed by atoms with E-state index in [1.807, 2.05) is 0 Å². The lowest BCUT2D eigenvalue weighted by molar-refractivity contribution is -0.127. The van der Waals surface area contributed by atoms with Crippen LogP contribution in [0.3, 0.4) is 0 Å². The minimum atomic E-state index is -0.209. The van der Waals surface area contributed by atoms with E-state index >= 15 is 0 Å². The third kappa shape index (κ3) is 2.99. The van der Waals surface area contributed by atoms with Gasteiger partial charge in [0.05, 0.1) is 0 Å². The second-order valence-electron chi connectivity index (χ2n) is 2.34. The Bertz CT molecular complexity index is 305. The van der Waals surface area contributed by atoms with E-state index in [0.717, 1.165) is 4.47 Å². The van der Waals surface area contributed by atoms with Crippen molar-refractivity contribution in [2.75, 3.05) is 6.61 Å². The van der Waals surface area contributed by atoms with Gasteiger partial charge in [0.2, 0.25) is 0 Å². The number of Topliss-reactive ketones (excluding diaryl/α,β-unsaturated/α-hetero) is 1. The second-order valence-corrected chi connectivity index (χ2v) is 3.25. The number of hydrogen-bond donors (Lipinski definition) is 0. The maximum absolute atomic E-state index is 11.2. The van der Waals surface area contributed by atoms with E-state index < -0.39 is 0 Å². The number of ether oxygens (including phenoxy) is 1. The number of carbonyl (C=O) groups excluding carboxylic acids is 2. The SMILES string of the molecule is O=COCC(=O)c1ccc(Br)cc1. The molecule has 0 atom stereocenters. The summed E-state index contributed by atoms with van der Waals surface area (Å²) in [5, 5.41) is 0. The van der Waals surface area contributed by atoms with Crippen molar-refractivity contribution in [2.24, 2.45) is 0 Å². The summed E-state index contributed by atoms with van der Waals surface area (Å²) in [7, 11) is 0. The molecule has 0 unspecified atom stereocenters. The van der Waals surface area contributed by atoms with E-state index in [0.29, 0.717) is 5.56 Å². The lowest BCUT2D eigenvalue weighted by Crippen LogP contribution is -2.07. The van der Waals surface area contributed by atoms with E-state index in [2.05, 4.69) is 20.7 Å². The van der Waals surface area contributed by atoms with E-state index in [1.165, 1.54) is 0 Å². The molecule has 0 fully saturated rings. The molecule has 0 saturated heterocycles. The molecule has 0 bridgehead atoms. The average Bonchev–Trinajstić information content (AvgIpc) is 2.15. The molecule has 4 heteroatoms. The number of halogens is 1. The van der Waals surface area contributed by atoms with Gasteiger partial charge < -0.3 is 4.74 Å². The molecule has 0 heterocycles. The zero-order valence-electron chi connectivity index (χ0n) is 6.70. The number of ketones is 1. The van der Waals surface area contributed by atoms with Crippen LogP contribution in [-0.2, 0) is 9.53 Å². The molecule has 13 heavy (non-hydrogen) atoms. The monoisotopic (exact) mass is 242 g/mol. The highest BCUT2D eigenvalue weighted by molar-refractivity contribution is 9.10. The van der Waals surface area contributed by atoms with E-state index in [9.17, 15) is 9.59 Å². The molecule has 0 aliphatic rings. The van der Waals surface area contributed by atoms with Crippen LogP contribution in [0.1, 0.15) is 10.4 Å². The van der Waals surface area contributed by atoms with Crippen molar-refractivity contribution in [3.8, 4) is 0 Å². The van der Waals surface area contributed by atoms with Crippen LogP contribution >= 0.6 is 15.9 Å². The fraction of sp³-hybridized carbons (Fsp3) is 0.111. The quantitative estimate of drug-likeness (QED) is 0.598. The molecule has 1 aromatic rings. The summed E-state index contributed by atoms with van der Waals surface area (Å²) < 4.78 is 5.24. The van der Waals surface area contributed by atoms with Gasteiger partial charge in [0.25, 0.3) is 6.47 Å². The molecular weight excluding hydrogens is 236 g/mol. The van der Waals surface area contributed by atoms with Crippen molar-refractivity contribution in [2.45, 2.75) is 0 Å². The molecule has 0 saturated carbocycles. The minimum Gasteiger partial charge on any atom is -0.459 e. The summed E-state index contributed by atoms with van der Waals surface area (Å²) in [6.45, 7) is 0.0574. The number of hydrogen-bond acceptors (Lipinski definition) is 3. The molecule has 0 N–H and O–H groups in total. The van der Waals surface area contributed by atoms with E-state index in [1.54, 1.807) is 24.3 Å². The van der Waals surface area contributed by atoms with Crippen LogP contribution in [0.15, 0.2) is 28.7 Å². The van der Waals surface area contributed by atoms with Crippen LogP contribution in [0.25, 0.3) is 0 Å². The summed E-state index contributed by atoms with van der Waals surface area (Å²) in [5.74, 6) is -0.209. The Labute approximate surface area is 83.8 Å². The fourth-order valence-electron chi connectivity index (χ4n) is 0.829. The molecule has 0 radical (unpaired) electrons. The Morgan fingerprint density at radius 1 is 1.38 bits per heavy atom. The van der Waals surface area contributed by atoms with Crippen molar-refractivity contribution in [1.29, 1.82) is 0 Å². The fourth-order valence-corrected chi connectivity index (χ4v) is 1.09. The Morgan fingerprint density at radius 2 is 2.00 bits per heavy atom. The van der Waals surface area contributed by atoms with Gasteiger partial charge >= 0.3 is 0 Å². The molecule has 3 nitrogen and oxygen atoms in total. The minimum absolute atomic E-state index is 0.203. The van der Waals surface area contributed by atoms with Crippen LogP contribution < -0.4 is 0 Å². The van der Waals surface area contributed by atoms with Gasteiger partial charge in [0, 0.05) is 10.0 Å². The molecular formula is C9H7BrO3. The predicted molar refractivity (Wildman–Crippen MR) is 50.5 cm³/mol. The predicted octanol–water partition coefficient (Wildman–Crippen LogP) is 1.80. The Hall–Kier alpha value is -1.16. The standard InChI is InChI=1S/C9H7BrO3/c10-8-3-1-7(2-4-8)9(12)5-13-6-11/h1-4,6H,5H2. The maximum Gasteiger partial charge on any atom is 0.293 e. The number of carbonyl (C=O) groups is 2. The molecule has 0 aliphatic heterocycles. The van der Waals surface area contributed by atoms with Crippen LogP contribution in [-0.4, -0.2) is 18.9 Å². The second kappa shape index (κ2) is 4.77. The molecule has 0 spiro atoms. The summed E-state index contributed by atoms with van der Waals surface area (Å²) >= 11 is 3.25. The van der Waals surface area contributed by atoms with E-state index in [-0.39, 0.29) is 18.9 Å². The Morgan fingerprint density at radius 3 is 2.54 bits per heavy atom. The van der Waals surface area contributed by atoms with E-state index in [4.69, 9.17) is 0 Å². The average molecular weight is 243 g/mol. The molecule has 68 valence electrons. The van der Waals surface area contributed by atoms with Gasteiger partial charge in [0.1, 0.15) is 0 Å². The van der Waals surface area contributed by atoms with Crippen LogP contribution in [0.2, 0.25) is 0 Å². The van der Waals surface area contributed by atoms with Gasteiger partial charge in [-0.25, -0.2) is 0 Å². The van der Waals surface area contributed by atoms with Crippen molar-refractivity contribution in [1.82, 2.24) is 0 Å². The third-order valence-corrected chi connectivity index (χ3v) is 1.98. The summed E-state index contributed by atoms with van der Waals surface area (Å²) in [4.78, 5) is 21.0. The lowest BCUT2D eigenvalue weighted by atomic mass is 10.1. The first kappa shape index (κ1) is 9.92. The third-order valence-electron chi connectivity index (χ3n) is 1.45. The van der Waals surface area contributed by atoms with Crippen LogP contribution in [0.4, 0.5) is 0 Å². The van der Waals surface area contributed by atoms with Crippen LogP contribution in [0, 0.1) is 0 Å². The first-order valence-electron chi connectivity index (χ1n) is 3.58. The van der Waals surface area contributed by atoms with Gasteiger partial charge in [-0.3, -0.25) is 9.59 Å². The number of rotatable bonds is 4. The number of benzene rings is 1. The van der Waals surface area contributed by atoms with Gasteiger partial charge in [-0.1, -0.05) is 28.1 Å². The van der Waals surface area contributed by atoms with Crippen molar-refractivity contribution in [3.05, 3.63) is 34.3 Å². The van der Waals surface area contributed by atoms with Gasteiger partial charge in [0.15, 0.2) is 12.4 Å². The summed E-state index contributed by atoms with van der Waals surface area (Å²) in [6, 6.07) is 6.85. The smallest absolute Gasteiger partial charge is 0.293 e. The zero-order chi connectivity index (χ0) is 9.68. The molecule has 0 aliphatic carbocycles. The van der Waals surface area contributed by atoms with Crippen molar-refractivity contribution in [3.63, 3.8) is 0 Å². The first-order valence-corrected chi connectivity index (χ1v) is 4.37. The van der Waals surface area contributed by atoms with Gasteiger partial charge in [-0.15, -0.1) is 0 Å². The Balaban J connectivity index is 2.66. The molecule has 1 aromatic carbocycles. The normalized spacial score (nSPS) is 9.31. The molecule has 1 rings (SSSR count). The first-order chi connectivity index (χ1) is 6.24. The Kier molecular flexibility index (Phi) is 3.64.